The second-order valence-corrected chi connectivity index (χ2v) is 9.28. The fraction of sp³-hybridized carbons (Fsp3) is 0.192. The van der Waals surface area contributed by atoms with Crippen LogP contribution in [0.25, 0.3) is 0 Å². The Morgan fingerprint density at radius 2 is 1.55 bits per heavy atom. The quantitative estimate of drug-likeness (QED) is 0.102. The molecule has 3 aromatic carbocycles. The number of aliphatic carboxylic acids is 1. The summed E-state index contributed by atoms with van der Waals surface area (Å²) in [6.07, 6.45) is 0.558. The Morgan fingerprint density at radius 1 is 0.868 bits per heavy atom. The molecule has 7 N–H and O–H groups in total. The van der Waals surface area contributed by atoms with Gasteiger partial charge in [-0.15, -0.1) is 0 Å². The van der Waals surface area contributed by atoms with Gasteiger partial charge >= 0.3 is 18.0 Å². The third-order valence-corrected chi connectivity index (χ3v) is 6.24. The van der Waals surface area contributed by atoms with Gasteiger partial charge < -0.3 is 35.8 Å². The van der Waals surface area contributed by atoms with E-state index in [0.29, 0.717) is 23.5 Å². The number of carboxylic acids is 1. The zero-order chi connectivity index (χ0) is 27.3. The summed E-state index contributed by atoms with van der Waals surface area (Å²) in [5.41, 5.74) is 3.33. The molecule has 0 aliphatic heterocycles. The van der Waals surface area contributed by atoms with Crippen LogP contribution in [-0.4, -0.2) is 29.7 Å². The highest BCUT2D eigenvalue weighted by Crippen LogP contribution is 2.27. The maximum Gasteiger partial charge on any atom is 0.319 e. The molecule has 0 aromatic heterocycles. The van der Waals surface area contributed by atoms with Crippen molar-refractivity contribution in [2.75, 3.05) is 26.6 Å². The van der Waals surface area contributed by atoms with Crippen LogP contribution in [-0.2, 0) is 4.79 Å². The summed E-state index contributed by atoms with van der Waals surface area (Å²) in [4.78, 5) is 36.9. The molecule has 0 saturated carbocycles. The van der Waals surface area contributed by atoms with Gasteiger partial charge in [-0.25, -0.2) is 9.59 Å². The van der Waals surface area contributed by atoms with Crippen LogP contribution in [0.3, 0.4) is 0 Å². The smallest absolute Gasteiger partial charge is 0.319 e. The number of thiol groups is 1. The lowest BCUT2D eigenvalue weighted by molar-refractivity contribution is -0.137. The number of hydrogen-bond donors (Lipinski definition) is 8. The van der Waals surface area contributed by atoms with Crippen molar-refractivity contribution in [3.63, 3.8) is 0 Å². The maximum absolute atomic E-state index is 12.6. The van der Waals surface area contributed by atoms with E-state index in [-0.39, 0.29) is 12.5 Å². The summed E-state index contributed by atoms with van der Waals surface area (Å²) in [5, 5.41) is 20.4. The lowest BCUT2D eigenvalue weighted by Gasteiger charge is -2.19. The molecule has 0 saturated heterocycles. The van der Waals surface area contributed by atoms with E-state index in [4.69, 9.17) is 0 Å². The first-order valence-corrected chi connectivity index (χ1v) is 13.1. The van der Waals surface area contributed by atoms with E-state index in [1.54, 1.807) is 48.5 Å². The molecule has 4 amide bonds. The second-order valence-electron chi connectivity index (χ2n) is 8.18. The van der Waals surface area contributed by atoms with E-state index in [9.17, 15) is 19.5 Å². The van der Waals surface area contributed by atoms with Gasteiger partial charge in [0.2, 0.25) is 0 Å². The Hall–Kier alpha value is -4.03. The van der Waals surface area contributed by atoms with E-state index in [1.165, 1.54) is 11.9 Å². The van der Waals surface area contributed by atoms with Gasteiger partial charge in [-0.05, 0) is 78.5 Å². The Kier molecular flexibility index (Phi) is 11.0. The minimum absolute atomic E-state index is 0.262. The van der Waals surface area contributed by atoms with Gasteiger partial charge in [0, 0.05) is 34.2 Å². The lowest BCUT2D eigenvalue weighted by atomic mass is 10.0. The lowest BCUT2D eigenvalue weighted by Crippen LogP contribution is -2.33. The highest BCUT2D eigenvalue weighted by atomic mass is 32.2. The molecule has 0 bridgehead atoms. The summed E-state index contributed by atoms with van der Waals surface area (Å²) in [7, 11) is 0. The molecule has 1 unspecified atom stereocenters. The summed E-state index contributed by atoms with van der Waals surface area (Å²) in [6, 6.07) is 19.9. The number of benzene rings is 3. The molecule has 0 aliphatic carbocycles. The van der Waals surface area contributed by atoms with Gasteiger partial charge in [0.25, 0.3) is 0 Å². The van der Waals surface area contributed by atoms with Crippen LogP contribution in [0.5, 0.6) is 0 Å². The van der Waals surface area contributed by atoms with Crippen molar-refractivity contribution < 1.29 is 19.5 Å². The van der Waals surface area contributed by atoms with Crippen molar-refractivity contribution in [1.82, 2.24) is 10.6 Å². The van der Waals surface area contributed by atoms with Crippen LogP contribution >= 0.6 is 24.8 Å². The van der Waals surface area contributed by atoms with E-state index in [0.717, 1.165) is 22.7 Å². The van der Waals surface area contributed by atoms with Crippen molar-refractivity contribution in [2.45, 2.75) is 30.7 Å². The first-order chi connectivity index (χ1) is 18.4. The molecule has 3 aromatic rings. The number of rotatable bonds is 12. The number of hydrogen-bond acceptors (Lipinski definition) is 7. The van der Waals surface area contributed by atoms with Crippen LogP contribution in [0, 0.1) is 0 Å². The molecule has 12 heteroatoms. The predicted molar refractivity (Wildman–Crippen MR) is 156 cm³/mol. The monoisotopic (exact) mass is 554 g/mol. The van der Waals surface area contributed by atoms with Crippen molar-refractivity contribution in [2.24, 2.45) is 0 Å². The number of nitrogens with one attached hydrogen (secondary N) is 6. The number of urea groups is 2. The van der Waals surface area contributed by atoms with Crippen LogP contribution in [0.15, 0.2) is 77.7 Å². The number of carbonyl (C=O) groups excluding carboxylic acids is 2. The van der Waals surface area contributed by atoms with E-state index >= 15 is 0 Å². The molecule has 10 nitrogen and oxygen atoms in total. The Bertz CT molecular complexity index is 1240. The standard InChI is InChI=1S/C26H30N6O4S2/c1-2-13-27-25(35)29-20-6-4-8-22(15-20)38-32-21-7-3-5-17(14-21)23(16-24(33)34)30-26(36)28-18-9-11-19(31-37)12-10-18/h3-12,14-15,23,31-32,37H,2,13,16H2,1H3,(H,33,34)(H2,27,29,35)(H2,28,30,36). The predicted octanol–water partition coefficient (Wildman–Crippen LogP) is 5.93. The van der Waals surface area contributed by atoms with E-state index in [1.807, 2.05) is 31.2 Å². The number of carbonyl (C=O) groups is 3. The fourth-order valence-corrected chi connectivity index (χ4v) is 4.21. The van der Waals surface area contributed by atoms with Gasteiger partial charge in [-0.3, -0.25) is 4.79 Å². The van der Waals surface area contributed by atoms with Gasteiger partial charge in [0.1, 0.15) is 0 Å². The van der Waals surface area contributed by atoms with Gasteiger partial charge in [0.15, 0.2) is 0 Å². The summed E-state index contributed by atoms with van der Waals surface area (Å²) in [6.45, 7) is 2.58. The Labute approximate surface area is 231 Å². The molecule has 200 valence electrons. The fourth-order valence-electron chi connectivity index (χ4n) is 3.37. The summed E-state index contributed by atoms with van der Waals surface area (Å²) in [5.74, 6) is -1.04. The van der Waals surface area contributed by atoms with Gasteiger partial charge in [-0.2, -0.15) is 0 Å². The van der Waals surface area contributed by atoms with Crippen LogP contribution in [0.1, 0.15) is 31.4 Å². The summed E-state index contributed by atoms with van der Waals surface area (Å²) < 4.78 is 5.93. The molecule has 0 aliphatic rings. The largest absolute Gasteiger partial charge is 0.481 e. The molecule has 0 fully saturated rings. The third-order valence-electron chi connectivity index (χ3n) is 5.16. The van der Waals surface area contributed by atoms with Crippen molar-refractivity contribution in [3.8, 4) is 0 Å². The maximum atomic E-state index is 12.6. The highest BCUT2D eigenvalue weighted by Gasteiger charge is 2.19. The second kappa shape index (κ2) is 14.6. The molecule has 38 heavy (non-hydrogen) atoms. The van der Waals surface area contributed by atoms with E-state index in [2.05, 4.69) is 43.5 Å². The highest BCUT2D eigenvalue weighted by molar-refractivity contribution is 8.00. The van der Waals surface area contributed by atoms with Crippen molar-refractivity contribution >= 4 is 65.5 Å². The van der Waals surface area contributed by atoms with Gasteiger partial charge in [-0.1, -0.05) is 37.9 Å². The molecule has 0 radical (unpaired) electrons. The number of amides is 4. The Balaban J connectivity index is 1.63. The number of carboxylic acid groups (broad SMARTS) is 1. The average Bonchev–Trinajstić information content (AvgIpc) is 2.91. The molecule has 0 heterocycles. The molecular formula is C26H30N6O4S2. The molecule has 3 rings (SSSR count). The van der Waals surface area contributed by atoms with Crippen molar-refractivity contribution in [1.29, 1.82) is 0 Å². The first-order valence-electron chi connectivity index (χ1n) is 11.8. The molecule has 0 spiro atoms. The van der Waals surface area contributed by atoms with Gasteiger partial charge in [0.05, 0.1) is 12.5 Å². The summed E-state index contributed by atoms with van der Waals surface area (Å²) >= 11 is 5.31. The zero-order valence-corrected chi connectivity index (χ0v) is 22.4. The first kappa shape index (κ1) is 28.5. The third kappa shape index (κ3) is 9.45. The number of anilines is 4. The topological polar surface area (TPSA) is 144 Å². The SMILES string of the molecule is CCCNC(=O)Nc1cccc(SNc2cccc(C(CC(=O)O)NC(=O)Nc3ccc(NS)cc3)c2)c1. The minimum Gasteiger partial charge on any atom is -0.481 e. The van der Waals surface area contributed by atoms with Crippen molar-refractivity contribution in [3.05, 3.63) is 78.4 Å². The van der Waals surface area contributed by atoms with E-state index < -0.39 is 18.0 Å². The van der Waals surface area contributed by atoms with Crippen LogP contribution < -0.4 is 30.7 Å². The minimum atomic E-state index is -1.04. The average molecular weight is 555 g/mol. The van der Waals surface area contributed by atoms with Crippen LogP contribution in [0.2, 0.25) is 0 Å². The normalized spacial score (nSPS) is 11.1. The molecular weight excluding hydrogens is 524 g/mol. The molecule has 1 atom stereocenters. The van der Waals surface area contributed by atoms with Crippen LogP contribution in [0.4, 0.5) is 32.3 Å². The zero-order valence-electron chi connectivity index (χ0n) is 20.7. The Morgan fingerprint density at radius 3 is 2.26 bits per heavy atom.